The molecule has 0 unspecified atom stereocenters. The third-order valence-corrected chi connectivity index (χ3v) is 2.99. The van der Waals surface area contributed by atoms with Crippen LogP contribution in [0.1, 0.15) is 12.5 Å². The van der Waals surface area contributed by atoms with Gasteiger partial charge in [-0.25, -0.2) is 14.2 Å². The van der Waals surface area contributed by atoms with Crippen molar-refractivity contribution in [2.45, 2.75) is 13.5 Å². The molecule has 7 heteroatoms. The van der Waals surface area contributed by atoms with Crippen LogP contribution in [0, 0.1) is 5.82 Å². The Morgan fingerprint density at radius 3 is 2.77 bits per heavy atom. The Morgan fingerprint density at radius 2 is 2.14 bits per heavy atom. The number of aromatic amines is 1. The lowest BCUT2D eigenvalue weighted by molar-refractivity contribution is 0.409. The summed E-state index contributed by atoms with van der Waals surface area (Å²) in [5.74, 6) is -1.09. The first-order chi connectivity index (χ1) is 10.5. The van der Waals surface area contributed by atoms with Crippen LogP contribution in [0.15, 0.2) is 51.5 Å². The molecule has 2 aromatic rings. The zero-order chi connectivity index (χ0) is 16.3. The molecule has 2 rings (SSSR count). The highest BCUT2D eigenvalue weighted by atomic mass is 19.1. The highest BCUT2D eigenvalue weighted by Gasteiger charge is 2.16. The maximum absolute atomic E-state index is 13.6. The smallest absolute Gasteiger partial charge is 0.331 e. The van der Waals surface area contributed by atoms with E-state index in [1.165, 1.54) is 31.2 Å². The second-order valence-electron chi connectivity index (χ2n) is 4.51. The van der Waals surface area contributed by atoms with Crippen LogP contribution >= 0.6 is 0 Å². The van der Waals surface area contributed by atoms with Gasteiger partial charge in [0.2, 0.25) is 5.88 Å². The van der Waals surface area contributed by atoms with E-state index < -0.39 is 22.9 Å². The number of aromatic nitrogens is 2. The summed E-state index contributed by atoms with van der Waals surface area (Å²) in [6.07, 6.45) is 1.40. The number of benzene rings is 1. The number of aromatic hydroxyl groups is 1. The second kappa shape index (κ2) is 6.21. The largest absolute Gasteiger partial charge is 0.494 e. The monoisotopic (exact) mass is 303 g/mol. The molecule has 0 saturated heterocycles. The fraction of sp³-hybridized carbons (Fsp3) is 0.133. The molecule has 2 N–H and O–H groups in total. The first-order valence-corrected chi connectivity index (χ1v) is 6.43. The highest BCUT2D eigenvalue weighted by Crippen LogP contribution is 2.19. The van der Waals surface area contributed by atoms with E-state index in [0.717, 1.165) is 4.57 Å². The molecule has 1 aromatic carbocycles. The van der Waals surface area contributed by atoms with Crippen molar-refractivity contribution in [1.29, 1.82) is 0 Å². The van der Waals surface area contributed by atoms with Gasteiger partial charge in [-0.15, -0.1) is 6.58 Å². The topological polar surface area (TPSA) is 87.4 Å². The molecule has 6 nitrogen and oxygen atoms in total. The minimum Gasteiger partial charge on any atom is -0.494 e. The SMILES string of the molecule is C=CCn1c(O)c(C(C)=Nc2ccccc2F)c(=O)[nH]c1=O. The molecule has 0 radical (unpaired) electrons. The predicted octanol–water partition coefficient (Wildman–Crippen LogP) is 1.71. The first-order valence-electron chi connectivity index (χ1n) is 6.43. The van der Waals surface area contributed by atoms with Gasteiger partial charge in [-0.1, -0.05) is 18.2 Å². The van der Waals surface area contributed by atoms with Crippen molar-refractivity contribution in [3.63, 3.8) is 0 Å². The number of halogens is 1. The summed E-state index contributed by atoms with van der Waals surface area (Å²) in [7, 11) is 0. The average molecular weight is 303 g/mol. The lowest BCUT2D eigenvalue weighted by Crippen LogP contribution is -2.33. The van der Waals surface area contributed by atoms with Gasteiger partial charge in [0.05, 0.1) is 11.4 Å². The van der Waals surface area contributed by atoms with Crippen LogP contribution in [0.25, 0.3) is 0 Å². The van der Waals surface area contributed by atoms with Gasteiger partial charge in [-0.2, -0.15) is 0 Å². The van der Waals surface area contributed by atoms with Crippen molar-refractivity contribution in [2.24, 2.45) is 4.99 Å². The molecule has 1 aromatic heterocycles. The fourth-order valence-electron chi connectivity index (χ4n) is 1.96. The number of aliphatic imine (C=N–C) groups is 1. The van der Waals surface area contributed by atoms with E-state index in [4.69, 9.17) is 0 Å². The Hall–Kier alpha value is -2.96. The van der Waals surface area contributed by atoms with Crippen molar-refractivity contribution in [3.05, 3.63) is 69.1 Å². The Labute approximate surface area is 124 Å². The van der Waals surface area contributed by atoms with Crippen LogP contribution in [0.5, 0.6) is 5.88 Å². The van der Waals surface area contributed by atoms with E-state index in [0.29, 0.717) is 0 Å². The van der Waals surface area contributed by atoms with Gasteiger partial charge in [-0.3, -0.25) is 14.3 Å². The summed E-state index contributed by atoms with van der Waals surface area (Å²) in [6.45, 7) is 4.93. The number of hydrogen-bond acceptors (Lipinski definition) is 4. The van der Waals surface area contributed by atoms with Crippen molar-refractivity contribution >= 4 is 11.4 Å². The van der Waals surface area contributed by atoms with Crippen LogP contribution in [-0.2, 0) is 6.54 Å². The highest BCUT2D eigenvalue weighted by molar-refractivity contribution is 6.01. The quantitative estimate of drug-likeness (QED) is 0.666. The molecule has 0 atom stereocenters. The first kappa shape index (κ1) is 15.4. The van der Waals surface area contributed by atoms with Crippen molar-refractivity contribution in [1.82, 2.24) is 9.55 Å². The zero-order valence-corrected chi connectivity index (χ0v) is 11.8. The predicted molar refractivity (Wildman–Crippen MR) is 81.5 cm³/mol. The summed E-state index contributed by atoms with van der Waals surface area (Å²) in [4.78, 5) is 29.6. The van der Waals surface area contributed by atoms with Crippen molar-refractivity contribution in [2.75, 3.05) is 0 Å². The van der Waals surface area contributed by atoms with Gasteiger partial charge in [-0.05, 0) is 19.1 Å². The van der Waals surface area contributed by atoms with Crippen LogP contribution in [-0.4, -0.2) is 20.4 Å². The minimum atomic E-state index is -0.791. The average Bonchev–Trinajstić information content (AvgIpc) is 2.45. The summed E-state index contributed by atoms with van der Waals surface area (Å²) >= 11 is 0. The molecule has 0 aliphatic heterocycles. The fourth-order valence-corrected chi connectivity index (χ4v) is 1.96. The molecule has 114 valence electrons. The Bertz CT molecular complexity index is 865. The third kappa shape index (κ3) is 2.88. The summed E-state index contributed by atoms with van der Waals surface area (Å²) in [6, 6.07) is 5.77. The summed E-state index contributed by atoms with van der Waals surface area (Å²) in [5.41, 5.74) is -1.63. The molecule has 22 heavy (non-hydrogen) atoms. The lowest BCUT2D eigenvalue weighted by Gasteiger charge is -2.09. The second-order valence-corrected chi connectivity index (χ2v) is 4.51. The molecule has 0 aliphatic rings. The van der Waals surface area contributed by atoms with E-state index >= 15 is 0 Å². The van der Waals surface area contributed by atoms with E-state index in [1.807, 2.05) is 0 Å². The summed E-state index contributed by atoms with van der Waals surface area (Å²) < 4.78 is 14.5. The van der Waals surface area contributed by atoms with Crippen LogP contribution in [0.2, 0.25) is 0 Å². The Morgan fingerprint density at radius 1 is 1.45 bits per heavy atom. The Kier molecular flexibility index (Phi) is 4.36. The molecule has 0 spiro atoms. The maximum atomic E-state index is 13.6. The zero-order valence-electron chi connectivity index (χ0n) is 11.8. The van der Waals surface area contributed by atoms with E-state index in [1.54, 1.807) is 6.07 Å². The minimum absolute atomic E-state index is 0.0153. The van der Waals surface area contributed by atoms with Crippen LogP contribution in [0.3, 0.4) is 0 Å². The number of allylic oxidation sites excluding steroid dienone is 1. The van der Waals surface area contributed by atoms with Gasteiger partial charge in [0.1, 0.15) is 11.4 Å². The van der Waals surface area contributed by atoms with E-state index in [-0.39, 0.29) is 23.5 Å². The number of nitrogens with one attached hydrogen (secondary N) is 1. The molecular formula is C15H14FN3O3. The van der Waals surface area contributed by atoms with E-state index in [2.05, 4.69) is 16.6 Å². The van der Waals surface area contributed by atoms with Crippen molar-refractivity contribution in [3.8, 4) is 5.88 Å². The van der Waals surface area contributed by atoms with Gasteiger partial charge < -0.3 is 5.11 Å². The van der Waals surface area contributed by atoms with Gasteiger partial charge in [0, 0.05) is 6.54 Å². The molecule has 0 aliphatic carbocycles. The standard InChI is InChI=1S/C15H14FN3O3/c1-3-8-19-14(21)12(13(20)18-15(19)22)9(2)17-11-7-5-4-6-10(11)16/h3-7,21H,1,8H2,2H3,(H,18,20,22). The Balaban J connectivity index is 2.64. The number of nitrogens with zero attached hydrogens (tertiary/aromatic N) is 2. The molecule has 0 saturated carbocycles. The molecule has 0 amide bonds. The van der Waals surface area contributed by atoms with E-state index in [9.17, 15) is 19.1 Å². The normalized spacial score (nSPS) is 11.5. The number of para-hydroxylation sites is 1. The van der Waals surface area contributed by atoms with Crippen molar-refractivity contribution < 1.29 is 9.50 Å². The van der Waals surface area contributed by atoms with Crippen LogP contribution in [0.4, 0.5) is 10.1 Å². The summed E-state index contributed by atoms with van der Waals surface area (Å²) in [5, 5.41) is 10.1. The maximum Gasteiger partial charge on any atom is 0.331 e. The molecule has 1 heterocycles. The number of hydrogen-bond donors (Lipinski definition) is 2. The van der Waals surface area contributed by atoms with Gasteiger partial charge in [0.15, 0.2) is 0 Å². The van der Waals surface area contributed by atoms with Gasteiger partial charge >= 0.3 is 5.69 Å². The lowest BCUT2D eigenvalue weighted by atomic mass is 10.2. The molecule has 0 fully saturated rings. The molecule has 0 bridgehead atoms. The van der Waals surface area contributed by atoms with Gasteiger partial charge in [0.25, 0.3) is 5.56 Å². The number of H-pyrrole nitrogens is 1. The molecular weight excluding hydrogens is 289 g/mol. The number of rotatable bonds is 4. The third-order valence-electron chi connectivity index (χ3n) is 2.99. The van der Waals surface area contributed by atoms with Crippen LogP contribution < -0.4 is 11.2 Å².